The smallest absolute Gasteiger partial charge is 0.252 e. The van der Waals surface area contributed by atoms with E-state index in [4.69, 9.17) is 5.73 Å². The number of hydrogen-bond acceptors (Lipinski definition) is 6. The number of anilines is 3. The van der Waals surface area contributed by atoms with Gasteiger partial charge in [0, 0.05) is 44.0 Å². The lowest BCUT2D eigenvalue weighted by atomic mass is 10.0. The van der Waals surface area contributed by atoms with Crippen LogP contribution in [0.5, 0.6) is 0 Å². The predicted octanol–water partition coefficient (Wildman–Crippen LogP) is 1.64. The lowest BCUT2D eigenvalue weighted by Crippen LogP contribution is -2.49. The molecule has 1 unspecified atom stereocenters. The van der Waals surface area contributed by atoms with Crippen molar-refractivity contribution < 1.29 is 9.18 Å². The van der Waals surface area contributed by atoms with Crippen molar-refractivity contribution in [3.05, 3.63) is 65.2 Å². The van der Waals surface area contributed by atoms with Gasteiger partial charge in [-0.25, -0.2) is 4.39 Å². The first-order chi connectivity index (χ1) is 16.0. The molecule has 2 aromatic rings. The summed E-state index contributed by atoms with van der Waals surface area (Å²) in [5, 5.41) is 6.79. The van der Waals surface area contributed by atoms with Gasteiger partial charge < -0.3 is 21.3 Å². The molecule has 8 nitrogen and oxygen atoms in total. The fourth-order valence-corrected chi connectivity index (χ4v) is 4.72. The highest BCUT2D eigenvalue weighted by Gasteiger charge is 2.36. The third-order valence-electron chi connectivity index (χ3n) is 6.35. The second-order valence-electron chi connectivity index (χ2n) is 8.59. The summed E-state index contributed by atoms with van der Waals surface area (Å²) in [6.45, 7) is 8.05. The molecule has 0 radical (unpaired) electrons. The first kappa shape index (κ1) is 23.0. The highest BCUT2D eigenvalue weighted by molar-refractivity contribution is 6.03. The summed E-state index contributed by atoms with van der Waals surface area (Å²) in [6, 6.07) is 9.72. The molecule has 2 aliphatic heterocycles. The van der Waals surface area contributed by atoms with Crippen LogP contribution in [0.4, 0.5) is 21.6 Å². The monoisotopic (exact) mass is 454 g/mol. The van der Waals surface area contributed by atoms with E-state index in [0.717, 1.165) is 44.7 Å². The number of rotatable bonds is 8. The molecule has 9 heteroatoms. The van der Waals surface area contributed by atoms with E-state index in [1.165, 1.54) is 24.3 Å². The molecule has 1 fully saturated rings. The van der Waals surface area contributed by atoms with Gasteiger partial charge >= 0.3 is 0 Å². The Morgan fingerprint density at radius 3 is 2.73 bits per heavy atom. The number of aromatic nitrogens is 1. The van der Waals surface area contributed by atoms with E-state index >= 15 is 0 Å². The Hall–Kier alpha value is -3.17. The van der Waals surface area contributed by atoms with Crippen molar-refractivity contribution >= 4 is 23.1 Å². The van der Waals surface area contributed by atoms with Crippen LogP contribution in [0.2, 0.25) is 0 Å². The van der Waals surface area contributed by atoms with E-state index in [2.05, 4.69) is 22.1 Å². The summed E-state index contributed by atoms with van der Waals surface area (Å²) in [7, 11) is 0. The Morgan fingerprint density at radius 1 is 1.21 bits per heavy atom. The normalized spacial score (nSPS) is 18.8. The average Bonchev–Trinajstić information content (AvgIpc) is 3.20. The molecular weight excluding hydrogens is 423 g/mol. The number of nitrogen functional groups attached to an aromatic ring is 1. The van der Waals surface area contributed by atoms with Crippen LogP contribution in [-0.4, -0.2) is 60.2 Å². The molecule has 3 heterocycles. The van der Waals surface area contributed by atoms with Crippen molar-refractivity contribution in [2.45, 2.75) is 31.5 Å². The van der Waals surface area contributed by atoms with Crippen molar-refractivity contribution in [3.63, 3.8) is 0 Å². The van der Waals surface area contributed by atoms with Crippen molar-refractivity contribution in [1.82, 2.24) is 14.8 Å². The van der Waals surface area contributed by atoms with E-state index in [-0.39, 0.29) is 23.3 Å². The SMILES string of the molecule is C=CC(=O)N1c2c(N)ccc(=O)n2CC1CN1CCC(NCCNc2cccc(F)c2)CC1. The molecular formula is C24H31FN6O2. The fraction of sp³-hybridized carbons (Fsp3) is 0.417. The summed E-state index contributed by atoms with van der Waals surface area (Å²) >= 11 is 0. The second-order valence-corrected chi connectivity index (χ2v) is 8.59. The molecule has 1 saturated heterocycles. The zero-order valence-corrected chi connectivity index (χ0v) is 18.7. The third-order valence-corrected chi connectivity index (χ3v) is 6.35. The number of carbonyl (C=O) groups is 1. The topological polar surface area (TPSA) is 95.6 Å². The van der Waals surface area contributed by atoms with Crippen molar-refractivity contribution in [2.75, 3.05) is 48.7 Å². The van der Waals surface area contributed by atoms with Crippen LogP contribution < -0.4 is 26.8 Å². The number of piperidine rings is 1. The number of benzene rings is 1. The largest absolute Gasteiger partial charge is 0.396 e. The van der Waals surface area contributed by atoms with Gasteiger partial charge in [0.05, 0.1) is 11.7 Å². The molecule has 176 valence electrons. The zero-order valence-electron chi connectivity index (χ0n) is 18.7. The van der Waals surface area contributed by atoms with Gasteiger partial charge in [0.25, 0.3) is 11.5 Å². The summed E-state index contributed by atoms with van der Waals surface area (Å²) in [4.78, 5) is 28.9. The van der Waals surface area contributed by atoms with Crippen molar-refractivity contribution in [1.29, 1.82) is 0 Å². The quantitative estimate of drug-likeness (QED) is 0.415. The van der Waals surface area contributed by atoms with Crippen LogP contribution >= 0.6 is 0 Å². The summed E-state index contributed by atoms with van der Waals surface area (Å²) in [6.07, 6.45) is 3.27. The number of pyridine rings is 1. The Bertz CT molecular complexity index is 1060. The Balaban J connectivity index is 1.26. The Morgan fingerprint density at radius 2 is 2.00 bits per heavy atom. The van der Waals surface area contributed by atoms with E-state index in [0.29, 0.717) is 30.6 Å². The molecule has 0 aliphatic carbocycles. The fourth-order valence-electron chi connectivity index (χ4n) is 4.72. The van der Waals surface area contributed by atoms with Crippen molar-refractivity contribution in [3.8, 4) is 0 Å². The van der Waals surface area contributed by atoms with Crippen LogP contribution in [0.3, 0.4) is 0 Å². The molecule has 0 bridgehead atoms. The maximum atomic E-state index is 13.2. The number of carbonyl (C=O) groups excluding carboxylic acids is 1. The highest BCUT2D eigenvalue weighted by atomic mass is 19.1. The number of nitrogens with zero attached hydrogens (tertiary/aromatic N) is 3. The molecule has 4 N–H and O–H groups in total. The maximum absolute atomic E-state index is 13.2. The van der Waals surface area contributed by atoms with Crippen LogP contribution in [0.1, 0.15) is 12.8 Å². The second kappa shape index (κ2) is 10.2. The summed E-state index contributed by atoms with van der Waals surface area (Å²) in [5.74, 6) is -0.0164. The molecule has 0 saturated carbocycles. The number of amides is 1. The molecule has 33 heavy (non-hydrogen) atoms. The van der Waals surface area contributed by atoms with Gasteiger partial charge in [-0.3, -0.25) is 19.1 Å². The predicted molar refractivity (Wildman–Crippen MR) is 129 cm³/mol. The van der Waals surface area contributed by atoms with Gasteiger partial charge in [-0.2, -0.15) is 0 Å². The number of hydrogen-bond donors (Lipinski definition) is 3. The van der Waals surface area contributed by atoms with Crippen LogP contribution in [0.25, 0.3) is 0 Å². The minimum atomic E-state index is -0.245. The Kier molecular flexibility index (Phi) is 7.10. The van der Waals surface area contributed by atoms with Gasteiger partial charge in [-0.05, 0) is 56.3 Å². The first-order valence-corrected chi connectivity index (χ1v) is 11.4. The van der Waals surface area contributed by atoms with E-state index in [1.807, 2.05) is 6.07 Å². The third kappa shape index (κ3) is 5.26. The van der Waals surface area contributed by atoms with E-state index in [1.54, 1.807) is 21.6 Å². The molecule has 1 atom stereocenters. The van der Waals surface area contributed by atoms with Crippen molar-refractivity contribution in [2.24, 2.45) is 0 Å². The first-order valence-electron chi connectivity index (χ1n) is 11.4. The summed E-state index contributed by atoms with van der Waals surface area (Å²) in [5.41, 5.74) is 7.15. The molecule has 4 rings (SSSR count). The van der Waals surface area contributed by atoms with Gasteiger partial charge in [-0.1, -0.05) is 12.6 Å². The summed E-state index contributed by atoms with van der Waals surface area (Å²) < 4.78 is 14.8. The van der Waals surface area contributed by atoms with Gasteiger partial charge in [0.2, 0.25) is 0 Å². The van der Waals surface area contributed by atoms with Gasteiger partial charge in [-0.15, -0.1) is 0 Å². The molecule has 1 amide bonds. The maximum Gasteiger partial charge on any atom is 0.252 e. The minimum Gasteiger partial charge on any atom is -0.396 e. The van der Waals surface area contributed by atoms with E-state index in [9.17, 15) is 14.0 Å². The highest BCUT2D eigenvalue weighted by Crippen LogP contribution is 2.31. The number of nitrogens with one attached hydrogen (secondary N) is 2. The van der Waals surface area contributed by atoms with Crippen LogP contribution in [0.15, 0.2) is 53.8 Å². The molecule has 1 aromatic carbocycles. The number of nitrogens with two attached hydrogens (primary N) is 1. The number of fused-ring (bicyclic) bond motifs is 1. The molecule has 0 spiro atoms. The minimum absolute atomic E-state index is 0.154. The average molecular weight is 455 g/mol. The van der Waals surface area contributed by atoms with Crippen LogP contribution in [0, 0.1) is 5.82 Å². The van der Waals surface area contributed by atoms with Crippen LogP contribution in [-0.2, 0) is 11.3 Å². The Labute approximate surface area is 192 Å². The number of halogens is 1. The lowest BCUT2D eigenvalue weighted by molar-refractivity contribution is -0.114. The van der Waals surface area contributed by atoms with Gasteiger partial charge in [0.15, 0.2) is 0 Å². The molecule has 1 aromatic heterocycles. The zero-order chi connectivity index (χ0) is 23.4. The molecule has 2 aliphatic rings. The standard InChI is InChI=1S/C24H31FN6O2/c1-2-22(32)31-20(16-30-23(33)7-6-21(26)24(30)31)15-29-12-8-18(9-13-29)27-10-11-28-19-5-3-4-17(25)14-19/h2-7,14,18,20,27-28H,1,8-13,15-16,26H2. The van der Waals surface area contributed by atoms with Gasteiger partial charge in [0.1, 0.15) is 11.6 Å². The van der Waals surface area contributed by atoms with E-state index < -0.39 is 0 Å². The number of likely N-dealkylation sites (tertiary alicyclic amines) is 1. The lowest BCUT2D eigenvalue weighted by Gasteiger charge is -2.35.